The monoisotopic (exact) mass is 292 g/mol. The Morgan fingerprint density at radius 1 is 1.05 bits per heavy atom. The Kier molecular flexibility index (Phi) is 3.43. The van der Waals surface area contributed by atoms with Crippen molar-refractivity contribution in [3.8, 4) is 0 Å². The van der Waals surface area contributed by atoms with Gasteiger partial charge in [-0.3, -0.25) is 0 Å². The van der Waals surface area contributed by atoms with E-state index in [-0.39, 0.29) is 12.0 Å². The van der Waals surface area contributed by atoms with Crippen LogP contribution in [0.15, 0.2) is 11.2 Å². The Balaban J connectivity index is 2.39. The minimum Gasteiger partial charge on any atom is -0.399 e. The fraction of sp³-hybridized carbons (Fsp3) is 0.833. The van der Waals surface area contributed by atoms with E-state index in [4.69, 9.17) is 9.31 Å². The predicted molar refractivity (Wildman–Crippen MR) is 69.6 cm³/mol. The summed E-state index contributed by atoms with van der Waals surface area (Å²) in [5, 5.41) is 2.59. The summed E-state index contributed by atoms with van der Waals surface area (Å²) >= 11 is 0. The molecule has 0 atom stereocenters. The minimum absolute atomic E-state index is 0.126. The largest absolute Gasteiger partial charge is 0.494 e. The molecule has 0 spiro atoms. The highest BCUT2D eigenvalue weighted by Crippen LogP contribution is 2.43. The van der Waals surface area contributed by atoms with Crippen molar-refractivity contribution in [1.82, 2.24) is 10.0 Å². The molecule has 0 bridgehead atoms. The molecule has 2 aliphatic heterocycles. The molecule has 2 aliphatic rings. The molecule has 0 radical (unpaired) electrons. The van der Waals surface area contributed by atoms with Crippen molar-refractivity contribution in [3.63, 3.8) is 0 Å². The van der Waals surface area contributed by atoms with Gasteiger partial charge in [-0.25, -0.2) is 5.01 Å². The number of hydrogen-bond donors (Lipinski definition) is 0. The van der Waals surface area contributed by atoms with Crippen LogP contribution in [-0.2, 0) is 9.31 Å². The lowest BCUT2D eigenvalue weighted by Gasteiger charge is -2.32. The molecule has 0 aromatic rings. The lowest BCUT2D eigenvalue weighted by atomic mass is 9.77. The van der Waals surface area contributed by atoms with E-state index in [1.165, 1.54) is 12.1 Å². The third-order valence-corrected chi connectivity index (χ3v) is 4.35. The van der Waals surface area contributed by atoms with E-state index in [0.717, 1.165) is 5.01 Å². The molecule has 114 valence electrons. The van der Waals surface area contributed by atoms with Gasteiger partial charge in [0.25, 0.3) is 0 Å². The highest BCUT2D eigenvalue weighted by molar-refractivity contribution is 6.55. The molecule has 0 N–H and O–H groups in total. The second-order valence-electron chi connectivity index (χ2n) is 6.30. The molecule has 8 heteroatoms. The smallest absolute Gasteiger partial charge is 0.399 e. The zero-order valence-corrected chi connectivity index (χ0v) is 12.6. The molecule has 0 unspecified atom stereocenters. The van der Waals surface area contributed by atoms with E-state index in [0.29, 0.717) is 0 Å². The first-order chi connectivity index (χ1) is 8.87. The van der Waals surface area contributed by atoms with Gasteiger partial charge in [-0.2, -0.15) is 13.2 Å². The Morgan fingerprint density at radius 2 is 1.50 bits per heavy atom. The van der Waals surface area contributed by atoms with Gasteiger partial charge < -0.3 is 14.3 Å². The van der Waals surface area contributed by atoms with Crippen LogP contribution in [0.5, 0.6) is 0 Å². The summed E-state index contributed by atoms with van der Waals surface area (Å²) < 4.78 is 51.2. The number of nitrogens with zero attached hydrogens (tertiary/aromatic N) is 2. The highest BCUT2D eigenvalue weighted by atomic mass is 19.4. The SMILES string of the molecule is CN1CC(B2OC(C)(C)C(C)(C)O2)=C(C(F)(F)F)N1C. The van der Waals surface area contributed by atoms with Crippen LogP contribution in [0.1, 0.15) is 27.7 Å². The van der Waals surface area contributed by atoms with E-state index in [1.807, 2.05) is 27.7 Å². The van der Waals surface area contributed by atoms with Crippen molar-refractivity contribution in [1.29, 1.82) is 0 Å². The number of hydrogen-bond acceptors (Lipinski definition) is 4. The molecule has 1 saturated heterocycles. The van der Waals surface area contributed by atoms with Crippen LogP contribution in [0.25, 0.3) is 0 Å². The first kappa shape index (κ1) is 15.7. The summed E-state index contributed by atoms with van der Waals surface area (Å²) in [6.07, 6.45) is -4.43. The lowest BCUT2D eigenvalue weighted by molar-refractivity contribution is -0.123. The van der Waals surface area contributed by atoms with Crippen LogP contribution < -0.4 is 0 Å². The maximum absolute atomic E-state index is 13.2. The summed E-state index contributed by atoms with van der Waals surface area (Å²) in [6, 6.07) is 0. The van der Waals surface area contributed by atoms with Crippen molar-refractivity contribution < 1.29 is 22.5 Å². The van der Waals surface area contributed by atoms with Crippen molar-refractivity contribution in [2.24, 2.45) is 0 Å². The van der Waals surface area contributed by atoms with E-state index in [1.54, 1.807) is 7.05 Å². The van der Waals surface area contributed by atoms with E-state index >= 15 is 0 Å². The van der Waals surface area contributed by atoms with Gasteiger partial charge >= 0.3 is 13.3 Å². The molecule has 2 rings (SSSR count). The molecular formula is C12H20BF3N2O2. The van der Waals surface area contributed by atoms with E-state index in [9.17, 15) is 13.2 Å². The molecule has 0 saturated carbocycles. The van der Waals surface area contributed by atoms with Gasteiger partial charge in [0.05, 0.1) is 11.2 Å². The molecule has 2 heterocycles. The van der Waals surface area contributed by atoms with Gasteiger partial charge in [0.2, 0.25) is 0 Å². The third-order valence-electron chi connectivity index (χ3n) is 4.35. The summed E-state index contributed by atoms with van der Waals surface area (Å²) in [4.78, 5) is 0. The number of rotatable bonds is 1. The van der Waals surface area contributed by atoms with Gasteiger partial charge in [0.1, 0.15) is 5.70 Å². The van der Waals surface area contributed by atoms with Gasteiger partial charge in [-0.05, 0) is 27.7 Å². The number of allylic oxidation sites excluding steroid dienone is 1. The first-order valence-electron chi connectivity index (χ1n) is 6.47. The number of likely N-dealkylation sites (N-methyl/N-ethyl adjacent to an activating group) is 1. The number of hydrazine groups is 1. The molecule has 4 nitrogen and oxygen atoms in total. The quantitative estimate of drug-likeness (QED) is 0.692. The normalized spacial score (nSPS) is 26.9. The van der Waals surface area contributed by atoms with Crippen LogP contribution in [0, 0.1) is 0 Å². The Hall–Kier alpha value is -0.725. The van der Waals surface area contributed by atoms with Crippen LogP contribution in [0.4, 0.5) is 13.2 Å². The van der Waals surface area contributed by atoms with Crippen molar-refractivity contribution in [3.05, 3.63) is 11.2 Å². The minimum atomic E-state index is -4.43. The molecule has 1 fully saturated rings. The van der Waals surface area contributed by atoms with E-state index < -0.39 is 30.2 Å². The summed E-state index contributed by atoms with van der Waals surface area (Å²) in [5.41, 5.74) is -1.87. The average Bonchev–Trinajstić information content (AvgIpc) is 2.62. The molecular weight excluding hydrogens is 272 g/mol. The fourth-order valence-corrected chi connectivity index (χ4v) is 2.34. The van der Waals surface area contributed by atoms with Crippen molar-refractivity contribution in [2.75, 3.05) is 20.6 Å². The molecule has 0 aromatic heterocycles. The van der Waals surface area contributed by atoms with Crippen LogP contribution >= 0.6 is 0 Å². The third kappa shape index (κ3) is 2.33. The number of alkyl halides is 3. The standard InChI is InChI=1S/C12H20BF3N2O2/c1-10(2)11(3,4)20-13(19-10)8-7-17(5)18(6)9(8)12(14,15)16/h7H2,1-6H3. The second kappa shape index (κ2) is 4.38. The molecule has 20 heavy (non-hydrogen) atoms. The van der Waals surface area contributed by atoms with Gasteiger partial charge in [-0.1, -0.05) is 0 Å². The molecule has 0 aromatic carbocycles. The van der Waals surface area contributed by atoms with Crippen LogP contribution in [0.2, 0.25) is 0 Å². The lowest BCUT2D eigenvalue weighted by Crippen LogP contribution is -2.41. The number of halogens is 3. The fourth-order valence-electron chi connectivity index (χ4n) is 2.34. The van der Waals surface area contributed by atoms with Crippen molar-refractivity contribution in [2.45, 2.75) is 45.1 Å². The Bertz CT molecular complexity index is 432. The summed E-state index contributed by atoms with van der Waals surface area (Å²) in [7, 11) is 2.02. The molecule has 0 aliphatic carbocycles. The predicted octanol–water partition coefficient (Wildman–Crippen LogP) is 2.23. The van der Waals surface area contributed by atoms with Gasteiger partial charge in [0.15, 0.2) is 0 Å². The van der Waals surface area contributed by atoms with Gasteiger partial charge in [-0.15, -0.1) is 0 Å². The maximum atomic E-state index is 13.2. The Labute approximate surface area is 117 Å². The maximum Gasteiger partial charge on any atom is 0.494 e. The van der Waals surface area contributed by atoms with Gasteiger partial charge in [0, 0.05) is 26.1 Å². The van der Waals surface area contributed by atoms with Crippen LogP contribution in [-0.4, -0.2) is 55.2 Å². The van der Waals surface area contributed by atoms with Crippen LogP contribution in [0.3, 0.4) is 0 Å². The average molecular weight is 292 g/mol. The zero-order chi connectivity index (χ0) is 15.5. The Morgan fingerprint density at radius 3 is 1.90 bits per heavy atom. The zero-order valence-electron chi connectivity index (χ0n) is 12.6. The summed E-state index contributed by atoms with van der Waals surface area (Å²) in [5.74, 6) is 0. The second-order valence-corrected chi connectivity index (χ2v) is 6.30. The van der Waals surface area contributed by atoms with Crippen molar-refractivity contribution >= 4 is 7.12 Å². The molecule has 0 amide bonds. The summed E-state index contributed by atoms with van der Waals surface area (Å²) in [6.45, 7) is 7.43. The first-order valence-corrected chi connectivity index (χ1v) is 6.47. The van der Waals surface area contributed by atoms with E-state index in [2.05, 4.69) is 0 Å². The topological polar surface area (TPSA) is 24.9 Å². The highest BCUT2D eigenvalue weighted by Gasteiger charge is 2.56.